The Labute approximate surface area is 209 Å². The van der Waals surface area contributed by atoms with Crippen molar-refractivity contribution in [2.75, 3.05) is 42.6 Å². The van der Waals surface area contributed by atoms with Crippen molar-refractivity contribution >= 4 is 35.0 Å². The van der Waals surface area contributed by atoms with Gasteiger partial charge in [0.25, 0.3) is 0 Å². The highest BCUT2D eigenvalue weighted by molar-refractivity contribution is 7.99. The molecule has 3 saturated heterocycles. The van der Waals surface area contributed by atoms with E-state index in [2.05, 4.69) is 23.7 Å². The summed E-state index contributed by atoms with van der Waals surface area (Å²) in [5.41, 5.74) is 1.64. The summed E-state index contributed by atoms with van der Waals surface area (Å²) in [5, 5.41) is 21.0. The molecular weight excluding hydrogens is 474 g/mol. The number of hydrogen-bond acceptors (Lipinski definition) is 9. The van der Waals surface area contributed by atoms with E-state index < -0.39 is 0 Å². The smallest absolute Gasteiger partial charge is 0.153 e. The summed E-state index contributed by atoms with van der Waals surface area (Å²) >= 11 is 8.08. The molecule has 8 nitrogen and oxygen atoms in total. The Morgan fingerprint density at radius 2 is 1.91 bits per heavy atom. The van der Waals surface area contributed by atoms with Crippen molar-refractivity contribution in [3.8, 4) is 0 Å². The first kappa shape index (κ1) is 24.1. The van der Waals surface area contributed by atoms with Gasteiger partial charge in [-0.05, 0) is 38.7 Å². The number of aliphatic hydroxyl groups is 2. The summed E-state index contributed by atoms with van der Waals surface area (Å²) in [4.78, 5) is 19.1. The molecule has 34 heavy (non-hydrogen) atoms. The number of rotatable bonds is 5. The Morgan fingerprint density at radius 3 is 2.53 bits per heavy atom. The molecule has 5 heterocycles. The Hall–Kier alpha value is -1.65. The lowest BCUT2D eigenvalue weighted by molar-refractivity contribution is 0.0969. The average Bonchev–Trinajstić information content (AvgIpc) is 3.08. The molecule has 2 atom stereocenters. The highest BCUT2D eigenvalue weighted by atomic mass is 35.5. The van der Waals surface area contributed by atoms with Gasteiger partial charge >= 0.3 is 0 Å². The molecule has 3 aliphatic rings. The molecule has 0 saturated carbocycles. The molecule has 0 amide bonds. The molecule has 184 valence electrons. The zero-order valence-corrected chi connectivity index (χ0v) is 21.4. The summed E-state index contributed by atoms with van der Waals surface area (Å²) in [6.07, 6.45) is 3.81. The number of pyridine rings is 1. The summed E-state index contributed by atoms with van der Waals surface area (Å²) in [6, 6.07) is 1.86. The van der Waals surface area contributed by atoms with Crippen molar-refractivity contribution in [2.24, 2.45) is 11.3 Å². The predicted molar refractivity (Wildman–Crippen MR) is 133 cm³/mol. The third-order valence-corrected chi connectivity index (χ3v) is 9.42. The van der Waals surface area contributed by atoms with Gasteiger partial charge in [0.1, 0.15) is 16.5 Å². The second-order valence-corrected chi connectivity index (χ2v) is 11.2. The van der Waals surface area contributed by atoms with Gasteiger partial charge in [-0.1, -0.05) is 30.3 Å². The van der Waals surface area contributed by atoms with Crippen LogP contribution >= 0.6 is 23.4 Å². The molecule has 5 rings (SSSR count). The molecule has 0 aromatic carbocycles. The van der Waals surface area contributed by atoms with E-state index in [1.165, 1.54) is 11.8 Å². The van der Waals surface area contributed by atoms with E-state index in [0.717, 1.165) is 54.0 Å². The van der Waals surface area contributed by atoms with Crippen molar-refractivity contribution in [3.05, 3.63) is 28.7 Å². The zero-order chi connectivity index (χ0) is 24.0. The summed E-state index contributed by atoms with van der Waals surface area (Å²) < 4.78 is 5.96. The maximum absolute atomic E-state index is 10.1. The van der Waals surface area contributed by atoms with Crippen LogP contribution in [-0.4, -0.2) is 70.2 Å². The normalized spacial score (nSPS) is 24.6. The van der Waals surface area contributed by atoms with Crippen molar-refractivity contribution in [2.45, 2.75) is 62.3 Å². The molecular formula is C24H32ClN5O3S. The van der Waals surface area contributed by atoms with Gasteiger partial charge in [-0.2, -0.15) is 0 Å². The molecule has 3 aliphatic heterocycles. The van der Waals surface area contributed by atoms with Crippen LogP contribution < -0.4 is 9.80 Å². The number of β-amino-alcohol motifs (C(OH)–C–C–N with tert-alkyl or cyclic N) is 1. The van der Waals surface area contributed by atoms with Crippen LogP contribution in [0.2, 0.25) is 5.02 Å². The fourth-order valence-corrected chi connectivity index (χ4v) is 6.48. The monoisotopic (exact) mass is 505 g/mol. The molecule has 0 radical (unpaired) electrons. The first-order valence-electron chi connectivity index (χ1n) is 11.9. The van der Waals surface area contributed by atoms with Crippen molar-refractivity contribution in [1.82, 2.24) is 15.0 Å². The molecule has 3 fully saturated rings. The maximum Gasteiger partial charge on any atom is 0.153 e. The topological polar surface area (TPSA) is 94.8 Å². The Bertz CT molecular complexity index is 1060. The van der Waals surface area contributed by atoms with Crippen molar-refractivity contribution in [3.63, 3.8) is 0 Å². The number of nitrogens with zero attached hydrogens (tertiary/aromatic N) is 5. The lowest BCUT2D eigenvalue weighted by atomic mass is 9.70. The fraction of sp³-hybridized carbons (Fsp3) is 0.625. The van der Waals surface area contributed by atoms with Gasteiger partial charge in [-0.3, -0.25) is 0 Å². The van der Waals surface area contributed by atoms with Crippen LogP contribution in [0.25, 0.3) is 0 Å². The number of ether oxygens (including phenoxy) is 1. The number of hydrogen-bond donors (Lipinski definition) is 2. The molecule has 0 unspecified atom stereocenters. The summed E-state index contributed by atoms with van der Waals surface area (Å²) in [7, 11) is 0. The average molecular weight is 506 g/mol. The van der Waals surface area contributed by atoms with Gasteiger partial charge in [0, 0.05) is 42.7 Å². The highest BCUT2D eigenvalue weighted by Crippen LogP contribution is 2.47. The quantitative estimate of drug-likeness (QED) is 0.634. The maximum atomic E-state index is 10.1. The van der Waals surface area contributed by atoms with Crippen LogP contribution in [0.3, 0.4) is 0 Å². The van der Waals surface area contributed by atoms with Gasteiger partial charge in [-0.15, -0.1) is 0 Å². The largest absolute Gasteiger partial charge is 0.390 e. The minimum atomic E-state index is -0.334. The molecule has 0 bridgehead atoms. The summed E-state index contributed by atoms with van der Waals surface area (Å²) in [5.74, 6) is 1.99. The number of aryl methyl sites for hydroxylation is 1. The lowest BCUT2D eigenvalue weighted by Gasteiger charge is -2.42. The number of aliphatic hydroxyl groups excluding tert-OH is 2. The van der Waals surface area contributed by atoms with E-state index in [1.54, 1.807) is 6.20 Å². The number of aromatic nitrogens is 3. The van der Waals surface area contributed by atoms with Gasteiger partial charge in [0.15, 0.2) is 5.82 Å². The minimum Gasteiger partial charge on any atom is -0.390 e. The second kappa shape index (κ2) is 9.43. The van der Waals surface area contributed by atoms with Gasteiger partial charge in [0.2, 0.25) is 0 Å². The third kappa shape index (κ3) is 4.26. The van der Waals surface area contributed by atoms with Crippen LogP contribution in [0.15, 0.2) is 22.2 Å². The van der Waals surface area contributed by atoms with E-state index in [9.17, 15) is 10.2 Å². The first-order chi connectivity index (χ1) is 16.3. The number of halogens is 1. The molecule has 2 aromatic heterocycles. The van der Waals surface area contributed by atoms with E-state index in [0.29, 0.717) is 41.6 Å². The molecule has 0 aliphatic carbocycles. The third-order valence-electron chi connectivity index (χ3n) is 7.79. The zero-order valence-electron chi connectivity index (χ0n) is 19.9. The van der Waals surface area contributed by atoms with E-state index in [1.807, 2.05) is 17.9 Å². The van der Waals surface area contributed by atoms with Gasteiger partial charge in [-0.25, -0.2) is 15.0 Å². The van der Waals surface area contributed by atoms with Crippen LogP contribution in [0.1, 0.15) is 38.1 Å². The highest BCUT2D eigenvalue weighted by Gasteiger charge is 2.47. The van der Waals surface area contributed by atoms with Crippen molar-refractivity contribution in [1.29, 1.82) is 0 Å². The fourth-order valence-electron chi connectivity index (χ4n) is 5.26. The van der Waals surface area contributed by atoms with Gasteiger partial charge in [0.05, 0.1) is 36.1 Å². The Balaban J connectivity index is 1.34. The van der Waals surface area contributed by atoms with Crippen LogP contribution in [0.4, 0.5) is 11.6 Å². The first-order valence-corrected chi connectivity index (χ1v) is 13.1. The second-order valence-electron chi connectivity index (χ2n) is 9.80. The van der Waals surface area contributed by atoms with E-state index in [-0.39, 0.29) is 18.1 Å². The lowest BCUT2D eigenvalue weighted by Crippen LogP contribution is -2.51. The SMILES string of the molecule is Cc1nc(N2CCC3(CC2)CO[C@@H](C)[C@H]3C)c(CO)nc1Sc1ccnc(N2CC(O)C2)c1Cl. The molecule has 10 heteroatoms. The number of piperidine rings is 1. The molecule has 2 N–H and O–H groups in total. The number of anilines is 2. The molecule has 1 spiro atoms. The minimum absolute atomic E-state index is 0.171. The van der Waals surface area contributed by atoms with Crippen LogP contribution in [0.5, 0.6) is 0 Å². The van der Waals surface area contributed by atoms with E-state index in [4.69, 9.17) is 26.3 Å². The van der Waals surface area contributed by atoms with Crippen LogP contribution in [0, 0.1) is 18.3 Å². The summed E-state index contributed by atoms with van der Waals surface area (Å²) in [6.45, 7) is 9.92. The standard InChI is InChI=1S/C24H32ClN5O3S/c1-14-16(3)33-13-24(14)5-8-29(9-6-24)21-18(12-31)28-23(15(2)27-21)34-19-4-7-26-22(20(19)25)30-10-17(32)11-30/h4,7,14,16-17,31-32H,5-6,8-13H2,1-3H3/t14-,16+/m1/s1. The van der Waals surface area contributed by atoms with E-state index >= 15 is 0 Å². The van der Waals surface area contributed by atoms with Gasteiger partial charge < -0.3 is 24.7 Å². The predicted octanol–water partition coefficient (Wildman–Crippen LogP) is 3.30. The molecule has 2 aromatic rings. The van der Waals surface area contributed by atoms with Crippen LogP contribution in [-0.2, 0) is 11.3 Å². The Kier molecular flexibility index (Phi) is 6.67. The van der Waals surface area contributed by atoms with Crippen molar-refractivity contribution < 1.29 is 14.9 Å². The Morgan fingerprint density at radius 1 is 1.18 bits per heavy atom.